The predicted octanol–water partition coefficient (Wildman–Crippen LogP) is 3.39. The molecule has 1 aliphatic heterocycles. The largest absolute Gasteiger partial charge is 0.382 e. The maximum atomic E-state index is 13.7. The number of nitrogens with two attached hydrogens (primary N) is 1. The van der Waals surface area contributed by atoms with Gasteiger partial charge in [0.15, 0.2) is 0 Å². The van der Waals surface area contributed by atoms with Gasteiger partial charge in [0.2, 0.25) is 5.95 Å². The van der Waals surface area contributed by atoms with Crippen LogP contribution in [-0.4, -0.2) is 44.4 Å². The molecule has 2 fully saturated rings. The van der Waals surface area contributed by atoms with Crippen LogP contribution in [-0.2, 0) is 0 Å². The lowest BCUT2D eigenvalue weighted by Crippen LogP contribution is -2.42. The van der Waals surface area contributed by atoms with Crippen molar-refractivity contribution in [2.75, 3.05) is 17.6 Å². The van der Waals surface area contributed by atoms with E-state index < -0.39 is 0 Å². The minimum atomic E-state index is -0.0112. The monoisotopic (exact) mass is 445 g/mol. The number of hydrogen-bond acceptors (Lipinski definition) is 8. The Bertz CT molecular complexity index is 1250. The van der Waals surface area contributed by atoms with Crippen LogP contribution in [0.15, 0.2) is 30.5 Å². The van der Waals surface area contributed by atoms with Crippen LogP contribution < -0.4 is 11.1 Å². The molecule has 3 atom stereocenters. The van der Waals surface area contributed by atoms with Gasteiger partial charge in [-0.15, -0.1) is 11.3 Å². The molecule has 2 unspecified atom stereocenters. The SMILES string of the molecule is Cc1cccc(-c2sc(C)nc2C(=O)N2C(CNc3ncc(C#N)c(N)n3)CC3C[C@@H]32)c1. The Morgan fingerprint density at radius 1 is 1.34 bits per heavy atom. The van der Waals surface area contributed by atoms with Crippen LogP contribution in [0.3, 0.4) is 0 Å². The lowest BCUT2D eigenvalue weighted by atomic mass is 10.1. The summed E-state index contributed by atoms with van der Waals surface area (Å²) in [5, 5.41) is 13.1. The zero-order valence-electron chi connectivity index (χ0n) is 17.9. The van der Waals surface area contributed by atoms with Crippen molar-refractivity contribution in [3.63, 3.8) is 0 Å². The topological polar surface area (TPSA) is 121 Å². The van der Waals surface area contributed by atoms with E-state index in [4.69, 9.17) is 11.0 Å². The Hall–Kier alpha value is -3.51. The number of anilines is 2. The molecule has 2 aliphatic rings. The van der Waals surface area contributed by atoms with E-state index in [0.29, 0.717) is 24.1 Å². The van der Waals surface area contributed by atoms with Crippen LogP contribution in [0.1, 0.15) is 39.5 Å². The molecular weight excluding hydrogens is 422 g/mol. The number of nitrogens with zero attached hydrogens (tertiary/aromatic N) is 5. The van der Waals surface area contributed by atoms with Gasteiger partial charge < -0.3 is 16.0 Å². The summed E-state index contributed by atoms with van der Waals surface area (Å²) >= 11 is 1.56. The Labute approximate surface area is 190 Å². The highest BCUT2D eigenvalue weighted by molar-refractivity contribution is 7.15. The van der Waals surface area contributed by atoms with Crippen molar-refractivity contribution in [1.29, 1.82) is 5.26 Å². The third kappa shape index (κ3) is 3.67. The third-order valence-electron chi connectivity index (χ3n) is 6.10. The number of amides is 1. The van der Waals surface area contributed by atoms with Gasteiger partial charge in [-0.05, 0) is 38.2 Å². The Morgan fingerprint density at radius 3 is 2.94 bits per heavy atom. The Balaban J connectivity index is 1.38. The molecular formula is C23H23N7OS. The zero-order valence-corrected chi connectivity index (χ0v) is 18.7. The third-order valence-corrected chi connectivity index (χ3v) is 7.12. The van der Waals surface area contributed by atoms with Gasteiger partial charge in [-0.25, -0.2) is 9.97 Å². The molecule has 3 aromatic rings. The first-order valence-electron chi connectivity index (χ1n) is 10.6. The maximum absolute atomic E-state index is 13.7. The molecule has 1 saturated heterocycles. The summed E-state index contributed by atoms with van der Waals surface area (Å²) in [5.74, 6) is 1.04. The summed E-state index contributed by atoms with van der Waals surface area (Å²) in [5.41, 5.74) is 8.76. The molecule has 1 aromatic carbocycles. The van der Waals surface area contributed by atoms with Crippen LogP contribution in [0.5, 0.6) is 0 Å². The van der Waals surface area contributed by atoms with Crippen LogP contribution >= 0.6 is 11.3 Å². The highest BCUT2D eigenvalue weighted by Gasteiger charge is 2.54. The Kier molecular flexibility index (Phi) is 5.02. The number of carbonyl (C=O) groups is 1. The summed E-state index contributed by atoms with van der Waals surface area (Å²) in [4.78, 5) is 29.6. The quantitative estimate of drug-likeness (QED) is 0.617. The van der Waals surface area contributed by atoms with Gasteiger partial charge in [-0.3, -0.25) is 4.79 Å². The number of nitrogen functional groups attached to an aromatic ring is 1. The number of aryl methyl sites for hydroxylation is 2. The molecule has 2 aromatic heterocycles. The van der Waals surface area contributed by atoms with Gasteiger partial charge in [0, 0.05) is 12.6 Å². The van der Waals surface area contributed by atoms with Gasteiger partial charge in [-0.1, -0.05) is 29.8 Å². The van der Waals surface area contributed by atoms with Crippen molar-refractivity contribution < 1.29 is 4.79 Å². The van der Waals surface area contributed by atoms with E-state index in [2.05, 4.69) is 26.3 Å². The highest BCUT2D eigenvalue weighted by atomic mass is 32.1. The van der Waals surface area contributed by atoms with Gasteiger partial charge in [0.1, 0.15) is 23.1 Å². The average Bonchev–Trinajstić information content (AvgIpc) is 3.26. The maximum Gasteiger partial charge on any atom is 0.274 e. The van der Waals surface area contributed by atoms with E-state index in [1.807, 2.05) is 43.0 Å². The number of fused-ring (bicyclic) bond motifs is 1. The summed E-state index contributed by atoms with van der Waals surface area (Å²) in [6, 6.07) is 10.4. The number of aromatic nitrogens is 3. The lowest BCUT2D eigenvalue weighted by molar-refractivity contribution is 0.0704. The van der Waals surface area contributed by atoms with E-state index in [1.54, 1.807) is 11.3 Å². The second-order valence-corrected chi connectivity index (χ2v) is 9.63. The van der Waals surface area contributed by atoms with Crippen molar-refractivity contribution in [2.45, 2.75) is 38.8 Å². The van der Waals surface area contributed by atoms with E-state index in [9.17, 15) is 4.79 Å². The molecule has 8 nitrogen and oxygen atoms in total. The van der Waals surface area contributed by atoms with Crippen molar-refractivity contribution in [1.82, 2.24) is 19.9 Å². The molecule has 0 bridgehead atoms. The molecule has 1 amide bonds. The number of piperidine rings is 1. The second kappa shape index (κ2) is 7.88. The predicted molar refractivity (Wildman–Crippen MR) is 123 cm³/mol. The molecule has 3 N–H and O–H groups in total. The molecule has 1 aliphatic carbocycles. The van der Waals surface area contributed by atoms with E-state index in [-0.39, 0.29) is 29.4 Å². The van der Waals surface area contributed by atoms with Crippen molar-refractivity contribution >= 4 is 29.0 Å². The fraction of sp³-hybridized carbons (Fsp3) is 0.348. The minimum Gasteiger partial charge on any atom is -0.382 e. The molecule has 0 spiro atoms. The van der Waals surface area contributed by atoms with Crippen LogP contribution in [0, 0.1) is 31.1 Å². The van der Waals surface area contributed by atoms with Crippen LogP contribution in [0.25, 0.3) is 10.4 Å². The normalized spacial score (nSPS) is 21.2. The average molecular weight is 446 g/mol. The number of nitrogens with one attached hydrogen (secondary N) is 1. The van der Waals surface area contributed by atoms with Crippen LogP contribution in [0.4, 0.5) is 11.8 Å². The van der Waals surface area contributed by atoms with Gasteiger partial charge in [0.25, 0.3) is 5.91 Å². The van der Waals surface area contributed by atoms with Gasteiger partial charge in [0.05, 0.1) is 22.1 Å². The molecule has 0 radical (unpaired) electrons. The Morgan fingerprint density at radius 2 is 2.19 bits per heavy atom. The number of carbonyl (C=O) groups excluding carboxylic acids is 1. The van der Waals surface area contributed by atoms with Crippen LogP contribution in [0.2, 0.25) is 0 Å². The first-order chi connectivity index (χ1) is 15.4. The second-order valence-electron chi connectivity index (χ2n) is 8.43. The van der Waals surface area contributed by atoms with Crippen molar-refractivity contribution in [3.8, 4) is 16.5 Å². The summed E-state index contributed by atoms with van der Waals surface area (Å²) < 4.78 is 0. The molecule has 1 saturated carbocycles. The van der Waals surface area contributed by atoms with E-state index in [1.165, 1.54) is 6.20 Å². The number of hydrogen-bond donors (Lipinski definition) is 2. The smallest absolute Gasteiger partial charge is 0.274 e. The van der Waals surface area contributed by atoms with Gasteiger partial charge in [-0.2, -0.15) is 10.2 Å². The van der Waals surface area contributed by atoms with Gasteiger partial charge >= 0.3 is 0 Å². The molecule has 9 heteroatoms. The van der Waals surface area contributed by atoms with E-state index >= 15 is 0 Å². The lowest BCUT2D eigenvalue weighted by Gasteiger charge is -2.27. The first-order valence-corrected chi connectivity index (χ1v) is 11.4. The molecule has 3 heterocycles. The summed E-state index contributed by atoms with van der Waals surface area (Å²) in [7, 11) is 0. The molecule has 5 rings (SSSR count). The molecule has 162 valence electrons. The molecule has 32 heavy (non-hydrogen) atoms. The minimum absolute atomic E-state index is 0.0112. The number of thiazole rings is 1. The fourth-order valence-corrected chi connectivity index (χ4v) is 5.42. The summed E-state index contributed by atoms with van der Waals surface area (Å²) in [6.07, 6.45) is 3.40. The fourth-order valence-electron chi connectivity index (χ4n) is 4.51. The zero-order chi connectivity index (χ0) is 22.4. The highest BCUT2D eigenvalue weighted by Crippen LogP contribution is 2.49. The number of rotatable bonds is 5. The van der Waals surface area contributed by atoms with E-state index in [0.717, 1.165) is 33.9 Å². The van der Waals surface area contributed by atoms with Crippen molar-refractivity contribution in [2.24, 2.45) is 5.92 Å². The summed E-state index contributed by atoms with van der Waals surface area (Å²) in [6.45, 7) is 4.51. The van der Waals surface area contributed by atoms with Crippen molar-refractivity contribution in [3.05, 3.63) is 52.3 Å². The number of likely N-dealkylation sites (tertiary alicyclic amines) is 1. The number of benzene rings is 1. The standard InChI is InChI=1S/C23H23N7OS/c1-12-4-3-5-14(6-12)20-19(28-13(2)32-20)22(31)30-17(7-15-8-18(15)30)11-27-23-26-10-16(9-24)21(25)29-23/h3-6,10,15,17-18H,7-8,11H2,1-2H3,(H3,25,26,27,29)/t15?,17?,18-/m0/s1. The first kappa shape index (κ1) is 20.4. The number of nitriles is 1.